The van der Waals surface area contributed by atoms with Crippen LogP contribution in [0.15, 0.2) is 24.3 Å². The maximum Gasteiger partial charge on any atom is 0.225 e. The summed E-state index contributed by atoms with van der Waals surface area (Å²) in [7, 11) is 3.96. The fourth-order valence-electron chi connectivity index (χ4n) is 1.46. The first-order valence-corrected chi connectivity index (χ1v) is 5.91. The van der Waals surface area contributed by atoms with Gasteiger partial charge in [0.2, 0.25) is 5.91 Å². The number of carbonyl (C=O) groups excluding carboxylic acids is 1. The zero-order valence-electron chi connectivity index (χ0n) is 10.8. The predicted molar refractivity (Wildman–Crippen MR) is 72.6 cm³/mol. The van der Waals surface area contributed by atoms with E-state index in [1.165, 1.54) is 0 Å². The summed E-state index contributed by atoms with van der Waals surface area (Å²) < 4.78 is 0. The molecule has 2 N–H and O–H groups in total. The first-order valence-electron chi connectivity index (χ1n) is 5.91. The fraction of sp³-hybridized carbons (Fsp3) is 0.462. The fourth-order valence-corrected chi connectivity index (χ4v) is 1.46. The van der Waals surface area contributed by atoms with Crippen molar-refractivity contribution in [3.05, 3.63) is 24.3 Å². The lowest BCUT2D eigenvalue weighted by atomic mass is 10.2. The summed E-state index contributed by atoms with van der Waals surface area (Å²) >= 11 is 0. The van der Waals surface area contributed by atoms with Gasteiger partial charge in [-0.15, -0.1) is 0 Å². The highest BCUT2D eigenvalue weighted by Crippen LogP contribution is 2.17. The number of benzene rings is 1. The Morgan fingerprint density at radius 1 is 1.35 bits per heavy atom. The molecule has 0 saturated carbocycles. The van der Waals surface area contributed by atoms with Crippen LogP contribution in [0.5, 0.6) is 0 Å². The molecule has 1 rings (SSSR count). The van der Waals surface area contributed by atoms with E-state index < -0.39 is 0 Å². The number of rotatable bonds is 6. The molecule has 0 aliphatic carbocycles. The minimum Gasteiger partial charge on any atom is -0.378 e. The average molecular weight is 235 g/mol. The summed E-state index contributed by atoms with van der Waals surface area (Å²) in [6.45, 7) is 3.64. The quantitative estimate of drug-likeness (QED) is 0.738. The Hall–Kier alpha value is -1.55. The minimum atomic E-state index is 0.0434. The molecule has 1 amide bonds. The minimum absolute atomic E-state index is 0.0434. The first-order chi connectivity index (χ1) is 8.13. The van der Waals surface area contributed by atoms with Gasteiger partial charge in [0.05, 0.1) is 0 Å². The Kier molecular flexibility index (Phi) is 5.49. The lowest BCUT2D eigenvalue weighted by Crippen LogP contribution is -2.21. The second-order valence-corrected chi connectivity index (χ2v) is 4.10. The molecule has 0 spiro atoms. The normalized spacial score (nSPS) is 10.1. The second-order valence-electron chi connectivity index (χ2n) is 4.10. The van der Waals surface area contributed by atoms with E-state index in [0.29, 0.717) is 6.42 Å². The molecule has 0 aliphatic heterocycles. The molecule has 0 heterocycles. The summed E-state index contributed by atoms with van der Waals surface area (Å²) in [6.07, 6.45) is 0.500. The first kappa shape index (κ1) is 13.5. The predicted octanol–water partition coefficient (Wildman–Crippen LogP) is 1.69. The van der Waals surface area contributed by atoms with Crippen LogP contribution in [0.25, 0.3) is 0 Å². The third-order valence-corrected chi connectivity index (χ3v) is 2.43. The van der Waals surface area contributed by atoms with E-state index in [-0.39, 0.29) is 5.91 Å². The van der Waals surface area contributed by atoms with E-state index >= 15 is 0 Å². The molecule has 1 aromatic rings. The number of hydrogen-bond donors (Lipinski definition) is 2. The van der Waals surface area contributed by atoms with Crippen molar-refractivity contribution in [2.75, 3.05) is 37.4 Å². The van der Waals surface area contributed by atoms with E-state index in [1.54, 1.807) is 0 Å². The van der Waals surface area contributed by atoms with Gasteiger partial charge in [-0.2, -0.15) is 0 Å². The molecule has 0 bridgehead atoms. The van der Waals surface area contributed by atoms with Crippen molar-refractivity contribution in [2.45, 2.75) is 13.3 Å². The maximum atomic E-state index is 11.6. The van der Waals surface area contributed by atoms with Gasteiger partial charge in [-0.3, -0.25) is 4.79 Å². The van der Waals surface area contributed by atoms with Gasteiger partial charge in [-0.1, -0.05) is 13.0 Å². The molecular formula is C13H21N3O. The Morgan fingerprint density at radius 2 is 2.12 bits per heavy atom. The van der Waals surface area contributed by atoms with E-state index in [2.05, 4.69) is 10.6 Å². The van der Waals surface area contributed by atoms with E-state index in [0.717, 1.165) is 24.5 Å². The molecule has 0 aromatic heterocycles. The van der Waals surface area contributed by atoms with E-state index in [4.69, 9.17) is 0 Å². The molecule has 0 saturated heterocycles. The number of amides is 1. The highest BCUT2D eigenvalue weighted by atomic mass is 16.1. The number of nitrogens with one attached hydrogen (secondary N) is 2. The van der Waals surface area contributed by atoms with Crippen LogP contribution in [0.1, 0.15) is 13.3 Å². The molecule has 0 radical (unpaired) electrons. The van der Waals surface area contributed by atoms with Gasteiger partial charge < -0.3 is 15.5 Å². The van der Waals surface area contributed by atoms with Crippen molar-refractivity contribution in [1.82, 2.24) is 5.32 Å². The maximum absolute atomic E-state index is 11.6. The summed E-state index contributed by atoms with van der Waals surface area (Å²) in [5.74, 6) is 0.0434. The van der Waals surface area contributed by atoms with Crippen LogP contribution in [0.4, 0.5) is 11.4 Å². The topological polar surface area (TPSA) is 44.4 Å². The van der Waals surface area contributed by atoms with Crippen molar-refractivity contribution in [1.29, 1.82) is 0 Å². The molecule has 1 aromatic carbocycles. The van der Waals surface area contributed by atoms with Crippen LogP contribution in [0.3, 0.4) is 0 Å². The Morgan fingerprint density at radius 3 is 2.76 bits per heavy atom. The van der Waals surface area contributed by atoms with Crippen LogP contribution in [-0.4, -0.2) is 33.1 Å². The zero-order chi connectivity index (χ0) is 12.7. The van der Waals surface area contributed by atoms with Gasteiger partial charge in [0, 0.05) is 38.4 Å². The molecule has 0 atom stereocenters. The largest absolute Gasteiger partial charge is 0.378 e. The standard InChI is InChI=1S/C13H21N3O/c1-4-14-9-8-13(17)15-11-6-5-7-12(10-11)16(2)3/h5-7,10,14H,4,8-9H2,1-3H3,(H,15,17). The lowest BCUT2D eigenvalue weighted by Gasteiger charge is -2.14. The Labute approximate surface area is 103 Å². The van der Waals surface area contributed by atoms with Gasteiger partial charge in [0.1, 0.15) is 0 Å². The van der Waals surface area contributed by atoms with Crippen molar-refractivity contribution >= 4 is 17.3 Å². The summed E-state index contributed by atoms with van der Waals surface area (Å²) in [4.78, 5) is 13.6. The smallest absolute Gasteiger partial charge is 0.225 e. The van der Waals surface area contributed by atoms with Crippen molar-refractivity contribution in [2.24, 2.45) is 0 Å². The Balaban J connectivity index is 2.50. The molecule has 17 heavy (non-hydrogen) atoms. The second kappa shape index (κ2) is 6.91. The molecular weight excluding hydrogens is 214 g/mol. The third kappa shape index (κ3) is 4.87. The molecule has 4 heteroatoms. The summed E-state index contributed by atoms with van der Waals surface area (Å²) in [5, 5.41) is 6.02. The van der Waals surface area contributed by atoms with Gasteiger partial charge in [0.15, 0.2) is 0 Å². The van der Waals surface area contributed by atoms with Crippen LogP contribution in [-0.2, 0) is 4.79 Å². The number of nitrogens with zero attached hydrogens (tertiary/aromatic N) is 1. The SMILES string of the molecule is CCNCCC(=O)Nc1cccc(N(C)C)c1. The van der Waals surface area contributed by atoms with E-state index in [1.807, 2.05) is 50.2 Å². The third-order valence-electron chi connectivity index (χ3n) is 2.43. The van der Waals surface area contributed by atoms with Crippen LogP contribution >= 0.6 is 0 Å². The molecule has 0 fully saturated rings. The average Bonchev–Trinajstić information content (AvgIpc) is 2.29. The monoisotopic (exact) mass is 235 g/mol. The molecule has 94 valence electrons. The number of anilines is 2. The van der Waals surface area contributed by atoms with Gasteiger partial charge in [0.25, 0.3) is 0 Å². The van der Waals surface area contributed by atoms with Crippen LogP contribution in [0, 0.1) is 0 Å². The Bertz CT molecular complexity index is 363. The van der Waals surface area contributed by atoms with Crippen LogP contribution < -0.4 is 15.5 Å². The van der Waals surface area contributed by atoms with E-state index in [9.17, 15) is 4.79 Å². The van der Waals surface area contributed by atoms with Gasteiger partial charge in [-0.05, 0) is 24.7 Å². The van der Waals surface area contributed by atoms with Crippen molar-refractivity contribution in [3.8, 4) is 0 Å². The van der Waals surface area contributed by atoms with Crippen molar-refractivity contribution < 1.29 is 4.79 Å². The summed E-state index contributed by atoms with van der Waals surface area (Å²) in [5.41, 5.74) is 1.92. The highest BCUT2D eigenvalue weighted by molar-refractivity contribution is 5.91. The number of carbonyl (C=O) groups is 1. The van der Waals surface area contributed by atoms with Gasteiger partial charge >= 0.3 is 0 Å². The van der Waals surface area contributed by atoms with Crippen LogP contribution in [0.2, 0.25) is 0 Å². The summed E-state index contributed by atoms with van der Waals surface area (Å²) in [6, 6.07) is 7.81. The zero-order valence-corrected chi connectivity index (χ0v) is 10.8. The molecule has 0 aliphatic rings. The number of hydrogen-bond acceptors (Lipinski definition) is 3. The molecule has 4 nitrogen and oxygen atoms in total. The lowest BCUT2D eigenvalue weighted by molar-refractivity contribution is -0.116. The molecule has 0 unspecified atom stereocenters. The van der Waals surface area contributed by atoms with Crippen molar-refractivity contribution in [3.63, 3.8) is 0 Å². The highest BCUT2D eigenvalue weighted by Gasteiger charge is 2.02. The van der Waals surface area contributed by atoms with Gasteiger partial charge in [-0.25, -0.2) is 0 Å².